The molecule has 2 nitrogen and oxygen atoms in total. The number of hydrogen-bond acceptors (Lipinski definition) is 2. The average Bonchev–Trinajstić information content (AvgIpc) is 3.87. The largest absolute Gasteiger partial charge is 0.310 e. The molecule has 0 unspecified atom stereocenters. The van der Waals surface area contributed by atoms with Crippen LogP contribution in [0.15, 0.2) is 164 Å². The van der Waals surface area contributed by atoms with Crippen molar-refractivity contribution in [3.8, 4) is 11.1 Å². The van der Waals surface area contributed by atoms with E-state index in [4.69, 9.17) is 0 Å². The van der Waals surface area contributed by atoms with Gasteiger partial charge in [-0.3, -0.25) is 0 Å². The van der Waals surface area contributed by atoms with Crippen LogP contribution in [0.1, 0.15) is 85.4 Å². The molecule has 0 fully saturated rings. The van der Waals surface area contributed by atoms with E-state index in [9.17, 15) is 0 Å². The van der Waals surface area contributed by atoms with Crippen molar-refractivity contribution < 1.29 is 0 Å². The molecule has 2 heteroatoms. The minimum Gasteiger partial charge on any atom is -0.310 e. The molecule has 0 saturated carbocycles. The molecule has 0 aromatic heterocycles. The average molecular weight is 713 g/mol. The zero-order chi connectivity index (χ0) is 37.3. The Labute approximate surface area is 326 Å². The highest BCUT2D eigenvalue weighted by molar-refractivity contribution is 5.92. The van der Waals surface area contributed by atoms with Crippen LogP contribution in [0.25, 0.3) is 11.1 Å². The molecule has 3 aliphatic carbocycles. The fourth-order valence-corrected chi connectivity index (χ4v) is 10.7. The lowest BCUT2D eigenvalue weighted by molar-refractivity contribution is 0.508. The van der Waals surface area contributed by atoms with Crippen molar-refractivity contribution >= 4 is 34.1 Å². The van der Waals surface area contributed by atoms with E-state index >= 15 is 0 Å². The summed E-state index contributed by atoms with van der Waals surface area (Å²) in [5.74, 6) is 0.313. The van der Waals surface area contributed by atoms with Gasteiger partial charge in [0.25, 0.3) is 0 Å². The highest BCUT2D eigenvalue weighted by Crippen LogP contribution is 2.61. The molecule has 7 aromatic carbocycles. The highest BCUT2D eigenvalue weighted by atomic mass is 15.2. The molecule has 0 saturated heterocycles. The van der Waals surface area contributed by atoms with Gasteiger partial charge >= 0.3 is 0 Å². The van der Waals surface area contributed by atoms with Gasteiger partial charge in [0.2, 0.25) is 0 Å². The van der Waals surface area contributed by atoms with Gasteiger partial charge < -0.3 is 9.80 Å². The molecule has 270 valence electrons. The van der Waals surface area contributed by atoms with E-state index in [-0.39, 0.29) is 10.8 Å². The van der Waals surface area contributed by atoms with Crippen molar-refractivity contribution in [2.24, 2.45) is 0 Å². The fourth-order valence-electron chi connectivity index (χ4n) is 10.7. The SMILES string of the molecule is CC(C)c1c(N(c2ccccc2)c2cccc3c2[C@]2(CCc4cccc(N(c5ccccc5)c5ccccc5)c42)CC3)ccc2c1-c1ccccc1C2(C)C. The van der Waals surface area contributed by atoms with Gasteiger partial charge in [-0.05, 0) is 136 Å². The van der Waals surface area contributed by atoms with Gasteiger partial charge in [0, 0.05) is 27.9 Å². The number of anilines is 6. The van der Waals surface area contributed by atoms with E-state index in [1.165, 1.54) is 84.2 Å². The van der Waals surface area contributed by atoms with Crippen LogP contribution in [0.5, 0.6) is 0 Å². The maximum Gasteiger partial charge on any atom is 0.0505 e. The summed E-state index contributed by atoms with van der Waals surface area (Å²) in [5, 5.41) is 0. The predicted molar refractivity (Wildman–Crippen MR) is 231 cm³/mol. The summed E-state index contributed by atoms with van der Waals surface area (Å²) in [6.45, 7) is 9.56. The minimum atomic E-state index is -0.129. The standard InChI is InChI=1S/C53H48N2/c1-36(2)48-45(31-30-44-49(48)42-26-14-15-27-43(42)52(44,3)4)55(41-24-12-7-13-25-41)47-29-17-19-38-33-35-53(51(38)47)34-32-37-18-16-28-46(50(37)53)54(39-20-8-5-9-21-39)40-22-10-6-11-23-40/h5-31,36H,32-35H2,1-4H3/t53-/m1/s1. The lowest BCUT2D eigenvalue weighted by Crippen LogP contribution is -2.27. The molecule has 0 heterocycles. The lowest BCUT2D eigenvalue weighted by atomic mass is 9.74. The number of hydrogen-bond donors (Lipinski definition) is 0. The first-order valence-electron chi connectivity index (χ1n) is 20.2. The fraction of sp³-hybridized carbons (Fsp3) is 0.208. The zero-order valence-corrected chi connectivity index (χ0v) is 32.4. The van der Waals surface area contributed by atoms with E-state index in [1.807, 2.05) is 0 Å². The van der Waals surface area contributed by atoms with E-state index in [0.29, 0.717) is 5.92 Å². The Kier molecular flexibility index (Phi) is 7.89. The summed E-state index contributed by atoms with van der Waals surface area (Å²) in [4.78, 5) is 5.13. The number of para-hydroxylation sites is 3. The zero-order valence-electron chi connectivity index (χ0n) is 32.4. The Morgan fingerprint density at radius 2 is 0.945 bits per heavy atom. The lowest BCUT2D eigenvalue weighted by Gasteiger charge is -2.38. The van der Waals surface area contributed by atoms with Crippen molar-refractivity contribution in [2.75, 3.05) is 9.80 Å². The van der Waals surface area contributed by atoms with Crippen molar-refractivity contribution in [3.63, 3.8) is 0 Å². The van der Waals surface area contributed by atoms with Gasteiger partial charge in [-0.15, -0.1) is 0 Å². The van der Waals surface area contributed by atoms with Gasteiger partial charge in [0.1, 0.15) is 0 Å². The van der Waals surface area contributed by atoms with Crippen molar-refractivity contribution in [1.29, 1.82) is 0 Å². The molecule has 0 N–H and O–H groups in total. The molecule has 10 rings (SSSR count). The Morgan fingerprint density at radius 3 is 1.49 bits per heavy atom. The summed E-state index contributed by atoms with van der Waals surface area (Å²) in [5.41, 5.74) is 20.3. The van der Waals surface area contributed by atoms with Crippen molar-refractivity contribution in [1.82, 2.24) is 0 Å². The van der Waals surface area contributed by atoms with Gasteiger partial charge in [-0.1, -0.05) is 137 Å². The first-order valence-corrected chi connectivity index (χ1v) is 20.2. The van der Waals surface area contributed by atoms with Crippen LogP contribution in [-0.4, -0.2) is 0 Å². The maximum absolute atomic E-state index is 2.63. The molecular formula is C53H48N2. The van der Waals surface area contributed by atoms with E-state index in [2.05, 4.69) is 201 Å². The smallest absolute Gasteiger partial charge is 0.0505 e. The Hall–Kier alpha value is -5.86. The predicted octanol–water partition coefficient (Wildman–Crippen LogP) is 14.2. The highest BCUT2D eigenvalue weighted by Gasteiger charge is 2.49. The second-order valence-corrected chi connectivity index (χ2v) is 16.6. The molecular weight excluding hydrogens is 665 g/mol. The molecule has 1 spiro atoms. The second-order valence-electron chi connectivity index (χ2n) is 16.6. The van der Waals surface area contributed by atoms with Crippen molar-refractivity contribution in [3.05, 3.63) is 203 Å². The number of nitrogens with zero attached hydrogens (tertiary/aromatic N) is 2. The number of fused-ring (bicyclic) bond motifs is 7. The van der Waals surface area contributed by atoms with Gasteiger partial charge in [-0.25, -0.2) is 0 Å². The second kappa shape index (κ2) is 12.9. The number of aryl methyl sites for hydroxylation is 2. The van der Waals surface area contributed by atoms with Crippen LogP contribution in [0, 0.1) is 0 Å². The topological polar surface area (TPSA) is 6.48 Å². The molecule has 1 atom stereocenters. The monoisotopic (exact) mass is 712 g/mol. The summed E-state index contributed by atoms with van der Waals surface area (Å²) in [6.07, 6.45) is 4.35. The van der Waals surface area contributed by atoms with Crippen LogP contribution in [0.3, 0.4) is 0 Å². The van der Waals surface area contributed by atoms with E-state index < -0.39 is 0 Å². The number of rotatable bonds is 7. The van der Waals surface area contributed by atoms with Gasteiger partial charge in [-0.2, -0.15) is 0 Å². The van der Waals surface area contributed by atoms with Crippen LogP contribution < -0.4 is 9.80 Å². The molecule has 0 radical (unpaired) electrons. The quantitative estimate of drug-likeness (QED) is 0.162. The minimum absolute atomic E-state index is 0.0585. The maximum atomic E-state index is 2.63. The molecule has 0 aliphatic heterocycles. The van der Waals surface area contributed by atoms with Crippen LogP contribution >= 0.6 is 0 Å². The summed E-state index contributed by atoms with van der Waals surface area (Å²) >= 11 is 0. The first-order chi connectivity index (χ1) is 26.9. The van der Waals surface area contributed by atoms with Crippen LogP contribution in [-0.2, 0) is 23.7 Å². The summed E-state index contributed by atoms with van der Waals surface area (Å²) in [6, 6.07) is 61.2. The van der Waals surface area contributed by atoms with E-state index in [0.717, 1.165) is 25.7 Å². The third-order valence-electron chi connectivity index (χ3n) is 13.0. The molecule has 55 heavy (non-hydrogen) atoms. The molecule has 0 bridgehead atoms. The Balaban J connectivity index is 1.23. The number of benzene rings is 7. The van der Waals surface area contributed by atoms with Gasteiger partial charge in [0.15, 0.2) is 0 Å². The first kappa shape index (κ1) is 33.7. The molecule has 7 aromatic rings. The van der Waals surface area contributed by atoms with Crippen LogP contribution in [0.2, 0.25) is 0 Å². The summed E-state index contributed by atoms with van der Waals surface area (Å²) in [7, 11) is 0. The van der Waals surface area contributed by atoms with Crippen LogP contribution in [0.4, 0.5) is 34.1 Å². The van der Waals surface area contributed by atoms with E-state index in [1.54, 1.807) is 0 Å². The normalized spacial score (nSPS) is 17.2. The third kappa shape index (κ3) is 5.07. The molecule has 3 aliphatic rings. The third-order valence-corrected chi connectivity index (χ3v) is 13.0. The molecule has 0 amide bonds. The summed E-state index contributed by atoms with van der Waals surface area (Å²) < 4.78 is 0. The Bertz CT molecular complexity index is 2510. The Morgan fingerprint density at radius 1 is 0.455 bits per heavy atom. The van der Waals surface area contributed by atoms with Gasteiger partial charge in [0.05, 0.1) is 17.1 Å². The van der Waals surface area contributed by atoms with Crippen molar-refractivity contribution in [2.45, 2.75) is 70.1 Å².